The number of aromatic nitrogens is 2. The molecule has 2 aromatic heterocycles. The number of nitrogen functional groups attached to an aromatic ring is 1. The van der Waals surface area contributed by atoms with Crippen LogP contribution in [0.15, 0.2) is 46.8 Å². The van der Waals surface area contributed by atoms with Gasteiger partial charge in [0.15, 0.2) is 11.5 Å². The molecule has 0 radical (unpaired) electrons. The number of ether oxygens (including phenoxy) is 5. The summed E-state index contributed by atoms with van der Waals surface area (Å²) in [5, 5.41) is 13.3. The van der Waals surface area contributed by atoms with Gasteiger partial charge >= 0.3 is 0 Å². The van der Waals surface area contributed by atoms with Crippen LogP contribution in [0, 0.1) is 17.9 Å². The Labute approximate surface area is 246 Å². The minimum Gasteiger partial charge on any atom is -0.493 e. The number of hydrogen-bond acceptors (Lipinski definition) is 11. The molecule has 2 aromatic carbocycles. The lowest BCUT2D eigenvalue weighted by atomic mass is 10.00. The number of pyridine rings is 1. The zero-order valence-corrected chi connectivity index (χ0v) is 24.5. The first-order valence-electron chi connectivity index (χ1n) is 12.2. The second kappa shape index (κ2) is 13.7. The van der Waals surface area contributed by atoms with Crippen molar-refractivity contribution in [3.8, 4) is 50.8 Å². The van der Waals surface area contributed by atoms with Crippen molar-refractivity contribution in [3.05, 3.63) is 64.5 Å². The maximum Gasteiger partial charge on any atom is 0.236 e. The van der Waals surface area contributed by atoms with Gasteiger partial charge in [0.05, 0.1) is 45.8 Å². The summed E-state index contributed by atoms with van der Waals surface area (Å²) >= 11 is 2.80. The summed E-state index contributed by atoms with van der Waals surface area (Å²) in [6.45, 7) is 8.57. The molecule has 2 N–H and O–H groups in total. The van der Waals surface area contributed by atoms with E-state index in [9.17, 15) is 5.26 Å². The Morgan fingerprint density at radius 1 is 1.00 bits per heavy atom. The molecular weight excluding hydrogens is 562 g/mol. The highest BCUT2D eigenvalue weighted by Crippen LogP contribution is 2.44. The highest BCUT2D eigenvalue weighted by molar-refractivity contribution is 7.98. The third-order valence-electron chi connectivity index (χ3n) is 5.91. The SMILES string of the molecule is [C-]#[N+]c1c(N)nc(SCc2csc(-c3cc(OC)c(OC)c(OC)c3)n2)c(C#N)c1-c1ccc(OCCOC)cc1. The topological polar surface area (TPSA) is 126 Å². The molecule has 41 heavy (non-hydrogen) atoms. The van der Waals surface area contributed by atoms with Crippen LogP contribution in [0.4, 0.5) is 11.5 Å². The third kappa shape index (κ3) is 6.47. The van der Waals surface area contributed by atoms with Gasteiger partial charge in [0.25, 0.3) is 0 Å². The molecule has 2 heterocycles. The average molecular weight is 590 g/mol. The van der Waals surface area contributed by atoms with Crippen molar-refractivity contribution in [3.63, 3.8) is 0 Å². The van der Waals surface area contributed by atoms with E-state index < -0.39 is 0 Å². The molecule has 10 nitrogen and oxygen atoms in total. The van der Waals surface area contributed by atoms with Crippen LogP contribution < -0.4 is 24.7 Å². The second-order valence-electron chi connectivity index (χ2n) is 8.34. The summed E-state index contributed by atoms with van der Waals surface area (Å²) in [6.07, 6.45) is 0. The number of thiazole rings is 1. The van der Waals surface area contributed by atoms with E-state index >= 15 is 0 Å². The fourth-order valence-electron chi connectivity index (χ4n) is 3.99. The maximum absolute atomic E-state index is 10.1. The number of thioether (sulfide) groups is 1. The Kier molecular flexibility index (Phi) is 9.87. The number of benzene rings is 2. The van der Waals surface area contributed by atoms with Gasteiger partial charge in [0, 0.05) is 29.4 Å². The number of nitriles is 1. The molecule has 0 fully saturated rings. The zero-order valence-electron chi connectivity index (χ0n) is 22.9. The van der Waals surface area contributed by atoms with Crippen LogP contribution in [-0.2, 0) is 10.5 Å². The molecule has 0 saturated heterocycles. The summed E-state index contributed by atoms with van der Waals surface area (Å²) in [4.78, 5) is 12.8. The summed E-state index contributed by atoms with van der Waals surface area (Å²) in [7, 11) is 6.29. The van der Waals surface area contributed by atoms with Crippen LogP contribution in [0.25, 0.3) is 26.5 Å². The van der Waals surface area contributed by atoms with Crippen molar-refractivity contribution in [1.29, 1.82) is 5.26 Å². The highest BCUT2D eigenvalue weighted by atomic mass is 32.2. The number of nitrogens with two attached hydrogens (primary N) is 1. The van der Waals surface area contributed by atoms with Gasteiger partial charge in [-0.15, -0.1) is 11.3 Å². The predicted molar refractivity (Wildman–Crippen MR) is 159 cm³/mol. The van der Waals surface area contributed by atoms with E-state index in [4.69, 9.17) is 41.0 Å². The first-order chi connectivity index (χ1) is 20.0. The largest absolute Gasteiger partial charge is 0.493 e. The summed E-state index contributed by atoms with van der Waals surface area (Å²) in [5.74, 6) is 2.72. The van der Waals surface area contributed by atoms with Crippen molar-refractivity contribution in [2.75, 3.05) is 47.4 Å². The summed E-state index contributed by atoms with van der Waals surface area (Å²) < 4.78 is 27.0. The van der Waals surface area contributed by atoms with Gasteiger partial charge in [-0.25, -0.2) is 14.8 Å². The molecule has 0 aliphatic carbocycles. The Morgan fingerprint density at radius 3 is 2.29 bits per heavy atom. The molecule has 210 valence electrons. The second-order valence-corrected chi connectivity index (χ2v) is 10.2. The van der Waals surface area contributed by atoms with Gasteiger partial charge in [-0.1, -0.05) is 23.9 Å². The number of rotatable bonds is 12. The Morgan fingerprint density at radius 2 is 1.71 bits per heavy atom. The molecule has 0 aliphatic rings. The molecule has 0 saturated carbocycles. The molecule has 0 bridgehead atoms. The molecule has 0 atom stereocenters. The number of hydrogen-bond donors (Lipinski definition) is 1. The summed E-state index contributed by atoms with van der Waals surface area (Å²) in [5.41, 5.74) is 9.34. The minimum absolute atomic E-state index is 0.0633. The van der Waals surface area contributed by atoms with Gasteiger partial charge in [0.1, 0.15) is 34.3 Å². The van der Waals surface area contributed by atoms with Gasteiger partial charge in [-0.05, 0) is 29.8 Å². The van der Waals surface area contributed by atoms with E-state index in [1.807, 2.05) is 17.5 Å². The first kappa shape index (κ1) is 29.5. The van der Waals surface area contributed by atoms with Crippen LogP contribution in [0.5, 0.6) is 23.0 Å². The minimum atomic E-state index is 0.0633. The highest BCUT2D eigenvalue weighted by Gasteiger charge is 2.21. The van der Waals surface area contributed by atoms with E-state index in [1.165, 1.54) is 23.1 Å². The predicted octanol–water partition coefficient (Wildman–Crippen LogP) is 6.22. The summed E-state index contributed by atoms with van der Waals surface area (Å²) in [6, 6.07) is 13.1. The van der Waals surface area contributed by atoms with E-state index in [0.717, 1.165) is 16.3 Å². The van der Waals surface area contributed by atoms with E-state index in [2.05, 4.69) is 15.9 Å². The zero-order chi connectivity index (χ0) is 29.4. The smallest absolute Gasteiger partial charge is 0.236 e. The fraction of sp³-hybridized carbons (Fsp3) is 0.241. The first-order valence-corrected chi connectivity index (χ1v) is 14.0. The monoisotopic (exact) mass is 589 g/mol. The van der Waals surface area contributed by atoms with Crippen molar-refractivity contribution in [2.45, 2.75) is 10.8 Å². The van der Waals surface area contributed by atoms with Crippen LogP contribution in [0.3, 0.4) is 0 Å². The molecule has 12 heteroatoms. The standard InChI is InChI=1S/C29H27N5O5S2/c1-32-25-24(17-6-8-20(9-7-17)39-11-10-35-2)21(14-30)29(34-27(25)31)41-16-19-15-40-28(33-19)18-12-22(36-3)26(38-5)23(13-18)37-4/h6-9,12-13,15H,10-11,16H2,2-5H3,(H2,31,34). The lowest BCUT2D eigenvalue weighted by Crippen LogP contribution is -2.04. The van der Waals surface area contributed by atoms with Crippen LogP contribution in [-0.4, -0.2) is 51.6 Å². The maximum atomic E-state index is 10.1. The van der Waals surface area contributed by atoms with Gasteiger partial charge < -0.3 is 29.4 Å². The van der Waals surface area contributed by atoms with Gasteiger partial charge in [-0.2, -0.15) is 5.26 Å². The lowest BCUT2D eigenvalue weighted by Gasteiger charge is -2.14. The van der Waals surface area contributed by atoms with Crippen LogP contribution in [0.1, 0.15) is 11.3 Å². The van der Waals surface area contributed by atoms with E-state index in [-0.39, 0.29) is 17.1 Å². The van der Waals surface area contributed by atoms with Gasteiger partial charge in [0.2, 0.25) is 11.4 Å². The van der Waals surface area contributed by atoms with E-state index in [1.54, 1.807) is 52.7 Å². The third-order valence-corrected chi connectivity index (χ3v) is 7.86. The average Bonchev–Trinajstić information content (AvgIpc) is 3.48. The Bertz CT molecular complexity index is 1580. The lowest BCUT2D eigenvalue weighted by molar-refractivity contribution is 0.146. The number of anilines is 1. The normalized spacial score (nSPS) is 10.5. The van der Waals surface area contributed by atoms with Crippen molar-refractivity contribution in [2.24, 2.45) is 0 Å². The molecule has 0 aliphatic heterocycles. The number of nitrogens with zero attached hydrogens (tertiary/aromatic N) is 4. The van der Waals surface area contributed by atoms with Crippen LogP contribution >= 0.6 is 23.1 Å². The Balaban J connectivity index is 1.61. The molecule has 4 aromatic rings. The quantitative estimate of drug-likeness (QED) is 0.116. The molecule has 0 unspecified atom stereocenters. The van der Waals surface area contributed by atoms with Gasteiger partial charge in [-0.3, -0.25) is 0 Å². The molecular formula is C29H27N5O5S2. The van der Waals surface area contributed by atoms with Crippen LogP contribution in [0.2, 0.25) is 0 Å². The number of methoxy groups -OCH3 is 4. The molecule has 0 amide bonds. The fourth-order valence-corrected chi connectivity index (χ4v) is 5.79. The van der Waals surface area contributed by atoms with E-state index in [0.29, 0.717) is 58.1 Å². The molecule has 4 rings (SSSR count). The van der Waals surface area contributed by atoms with Crippen molar-refractivity contribution in [1.82, 2.24) is 9.97 Å². The Hall–Kier alpha value is -4.49. The van der Waals surface area contributed by atoms with Crippen molar-refractivity contribution < 1.29 is 23.7 Å². The van der Waals surface area contributed by atoms with Crippen molar-refractivity contribution >= 4 is 34.6 Å². The molecule has 0 spiro atoms.